The molecule has 80 valence electrons. The van der Waals surface area contributed by atoms with E-state index in [4.69, 9.17) is 0 Å². The number of allylic oxidation sites excluding steroid dienone is 1. The largest absolute Gasteiger partial charge is 0.0870 e. The third kappa shape index (κ3) is 2.06. The Morgan fingerprint density at radius 3 is 2.12 bits per heavy atom. The summed E-state index contributed by atoms with van der Waals surface area (Å²) in [6, 6.07) is 17.0. The molecule has 0 bridgehead atoms. The van der Waals surface area contributed by atoms with Crippen molar-refractivity contribution in [2.75, 3.05) is 0 Å². The van der Waals surface area contributed by atoms with E-state index in [-0.39, 0.29) is 0 Å². The molecule has 2 aromatic rings. The minimum Gasteiger partial charge on any atom is -0.0870 e. The Bertz CT molecular complexity index is 507. The van der Waals surface area contributed by atoms with E-state index in [1.54, 1.807) is 0 Å². The summed E-state index contributed by atoms with van der Waals surface area (Å²) in [5.41, 5.74) is 5.22. The van der Waals surface area contributed by atoms with Gasteiger partial charge >= 0.3 is 0 Å². The van der Waals surface area contributed by atoms with E-state index in [2.05, 4.69) is 74.5 Å². The summed E-state index contributed by atoms with van der Waals surface area (Å²) >= 11 is 0. The number of aryl methyl sites for hydroxylation is 1. The molecule has 0 radical (unpaired) electrons. The van der Waals surface area contributed by atoms with Crippen LogP contribution in [0.5, 0.6) is 0 Å². The first-order valence-corrected chi connectivity index (χ1v) is 5.60. The molecule has 0 aliphatic carbocycles. The standard InChI is InChI=1S/C16H16/c1-3-8-14-10-5-7-12-16(14)15-11-6-4-9-13(15)2/h3-12H,1-2H3. The highest BCUT2D eigenvalue weighted by Gasteiger charge is 2.03. The first-order valence-electron chi connectivity index (χ1n) is 5.60. The Labute approximate surface area is 97.3 Å². The van der Waals surface area contributed by atoms with Gasteiger partial charge in [-0.05, 0) is 36.1 Å². The van der Waals surface area contributed by atoms with Crippen LogP contribution < -0.4 is 0 Å². The van der Waals surface area contributed by atoms with Crippen molar-refractivity contribution in [2.45, 2.75) is 13.8 Å². The minimum atomic E-state index is 1.28. The Morgan fingerprint density at radius 1 is 0.812 bits per heavy atom. The molecule has 0 atom stereocenters. The van der Waals surface area contributed by atoms with Crippen LogP contribution in [-0.2, 0) is 0 Å². The molecular weight excluding hydrogens is 192 g/mol. The maximum Gasteiger partial charge on any atom is -0.0109 e. The van der Waals surface area contributed by atoms with Gasteiger partial charge in [0.2, 0.25) is 0 Å². The van der Waals surface area contributed by atoms with Crippen molar-refractivity contribution in [2.24, 2.45) is 0 Å². The predicted octanol–water partition coefficient (Wildman–Crippen LogP) is 4.70. The normalized spacial score (nSPS) is 10.9. The molecule has 0 saturated heterocycles. The summed E-state index contributed by atoms with van der Waals surface area (Å²) in [6.07, 6.45) is 4.23. The third-order valence-electron chi connectivity index (χ3n) is 2.74. The number of rotatable bonds is 2. The van der Waals surface area contributed by atoms with Gasteiger partial charge in [0.1, 0.15) is 0 Å². The van der Waals surface area contributed by atoms with Gasteiger partial charge in [-0.1, -0.05) is 60.7 Å². The zero-order valence-corrected chi connectivity index (χ0v) is 9.77. The van der Waals surface area contributed by atoms with Crippen molar-refractivity contribution in [3.8, 4) is 11.1 Å². The summed E-state index contributed by atoms with van der Waals surface area (Å²) in [4.78, 5) is 0. The summed E-state index contributed by atoms with van der Waals surface area (Å²) in [5, 5.41) is 0. The summed E-state index contributed by atoms with van der Waals surface area (Å²) in [6.45, 7) is 4.20. The number of benzene rings is 2. The van der Waals surface area contributed by atoms with E-state index in [9.17, 15) is 0 Å². The average molecular weight is 208 g/mol. The second-order valence-corrected chi connectivity index (χ2v) is 3.90. The SMILES string of the molecule is CC=Cc1ccccc1-c1ccccc1C. The van der Waals surface area contributed by atoms with E-state index >= 15 is 0 Å². The van der Waals surface area contributed by atoms with Crippen LogP contribution in [0.4, 0.5) is 0 Å². The molecule has 0 N–H and O–H groups in total. The fourth-order valence-electron chi connectivity index (χ4n) is 1.94. The van der Waals surface area contributed by atoms with Gasteiger partial charge in [-0.3, -0.25) is 0 Å². The highest BCUT2D eigenvalue weighted by atomic mass is 14.1. The molecule has 0 heteroatoms. The third-order valence-corrected chi connectivity index (χ3v) is 2.74. The molecule has 2 aromatic carbocycles. The van der Waals surface area contributed by atoms with E-state index in [1.165, 1.54) is 22.3 Å². The van der Waals surface area contributed by atoms with Crippen LogP contribution in [0, 0.1) is 6.92 Å². The van der Waals surface area contributed by atoms with Gasteiger partial charge in [0, 0.05) is 0 Å². The average Bonchev–Trinajstić information content (AvgIpc) is 2.31. The van der Waals surface area contributed by atoms with Crippen molar-refractivity contribution in [1.82, 2.24) is 0 Å². The lowest BCUT2D eigenvalue weighted by atomic mass is 9.96. The lowest BCUT2D eigenvalue weighted by molar-refractivity contribution is 1.45. The number of hydrogen-bond acceptors (Lipinski definition) is 0. The quantitative estimate of drug-likeness (QED) is 0.671. The van der Waals surface area contributed by atoms with Gasteiger partial charge in [-0.2, -0.15) is 0 Å². The Balaban J connectivity index is 2.60. The lowest BCUT2D eigenvalue weighted by Crippen LogP contribution is -1.85. The zero-order chi connectivity index (χ0) is 11.4. The molecule has 0 fully saturated rings. The Morgan fingerprint density at radius 2 is 1.44 bits per heavy atom. The van der Waals surface area contributed by atoms with Crippen LogP contribution in [0.2, 0.25) is 0 Å². The Hall–Kier alpha value is -1.82. The molecule has 0 nitrogen and oxygen atoms in total. The van der Waals surface area contributed by atoms with Gasteiger partial charge in [0.25, 0.3) is 0 Å². The minimum absolute atomic E-state index is 1.28. The van der Waals surface area contributed by atoms with Crippen molar-refractivity contribution in [3.05, 3.63) is 65.7 Å². The topological polar surface area (TPSA) is 0 Å². The summed E-state index contributed by atoms with van der Waals surface area (Å²) in [5.74, 6) is 0. The molecule has 2 rings (SSSR count). The predicted molar refractivity (Wildman–Crippen MR) is 71.3 cm³/mol. The van der Waals surface area contributed by atoms with Crippen LogP contribution in [0.25, 0.3) is 17.2 Å². The fourth-order valence-corrected chi connectivity index (χ4v) is 1.94. The van der Waals surface area contributed by atoms with Crippen molar-refractivity contribution in [3.63, 3.8) is 0 Å². The fraction of sp³-hybridized carbons (Fsp3) is 0.125. The molecule has 16 heavy (non-hydrogen) atoms. The second kappa shape index (κ2) is 4.80. The smallest absolute Gasteiger partial charge is 0.0109 e. The zero-order valence-electron chi connectivity index (χ0n) is 9.77. The van der Waals surface area contributed by atoms with E-state index in [0.717, 1.165) is 0 Å². The summed E-state index contributed by atoms with van der Waals surface area (Å²) < 4.78 is 0. The molecule has 0 saturated carbocycles. The van der Waals surface area contributed by atoms with Crippen LogP contribution in [0.1, 0.15) is 18.1 Å². The molecule has 0 spiro atoms. The maximum atomic E-state index is 2.18. The van der Waals surface area contributed by atoms with Gasteiger partial charge in [0.15, 0.2) is 0 Å². The highest BCUT2D eigenvalue weighted by Crippen LogP contribution is 2.27. The van der Waals surface area contributed by atoms with Crippen LogP contribution in [0.3, 0.4) is 0 Å². The first-order chi connectivity index (χ1) is 7.83. The van der Waals surface area contributed by atoms with Gasteiger partial charge in [0.05, 0.1) is 0 Å². The summed E-state index contributed by atoms with van der Waals surface area (Å²) in [7, 11) is 0. The molecular formula is C16H16. The molecule has 0 aromatic heterocycles. The van der Waals surface area contributed by atoms with Gasteiger partial charge < -0.3 is 0 Å². The first kappa shape index (κ1) is 10.7. The molecule has 0 amide bonds. The van der Waals surface area contributed by atoms with Crippen molar-refractivity contribution < 1.29 is 0 Å². The van der Waals surface area contributed by atoms with E-state index in [0.29, 0.717) is 0 Å². The highest BCUT2D eigenvalue weighted by molar-refractivity contribution is 5.77. The second-order valence-electron chi connectivity index (χ2n) is 3.90. The Kier molecular flexibility index (Phi) is 3.21. The van der Waals surface area contributed by atoms with E-state index in [1.807, 2.05) is 0 Å². The van der Waals surface area contributed by atoms with Crippen LogP contribution in [-0.4, -0.2) is 0 Å². The van der Waals surface area contributed by atoms with Gasteiger partial charge in [-0.15, -0.1) is 0 Å². The monoisotopic (exact) mass is 208 g/mol. The van der Waals surface area contributed by atoms with E-state index < -0.39 is 0 Å². The lowest BCUT2D eigenvalue weighted by Gasteiger charge is -2.09. The molecule has 0 aliphatic rings. The maximum absolute atomic E-state index is 2.18. The van der Waals surface area contributed by atoms with Crippen LogP contribution >= 0.6 is 0 Å². The molecule has 0 aliphatic heterocycles. The number of hydrogen-bond donors (Lipinski definition) is 0. The van der Waals surface area contributed by atoms with Gasteiger partial charge in [-0.25, -0.2) is 0 Å². The molecule has 0 unspecified atom stereocenters. The van der Waals surface area contributed by atoms with Crippen molar-refractivity contribution in [1.29, 1.82) is 0 Å². The van der Waals surface area contributed by atoms with Crippen molar-refractivity contribution >= 4 is 6.08 Å². The van der Waals surface area contributed by atoms with Crippen LogP contribution in [0.15, 0.2) is 54.6 Å². The molecule has 0 heterocycles.